The minimum atomic E-state index is -4.58. The molecule has 1 aliphatic heterocycles. The van der Waals surface area contributed by atoms with Crippen LogP contribution >= 0.6 is 0 Å². The molecule has 1 aromatic heterocycles. The van der Waals surface area contributed by atoms with Crippen molar-refractivity contribution in [3.8, 4) is 11.1 Å². The molecule has 27 heavy (non-hydrogen) atoms. The first-order chi connectivity index (χ1) is 12.6. The van der Waals surface area contributed by atoms with Crippen molar-refractivity contribution in [3.05, 3.63) is 41.5 Å². The van der Waals surface area contributed by atoms with E-state index in [1.165, 1.54) is 6.20 Å². The molecule has 4 nitrogen and oxygen atoms in total. The Morgan fingerprint density at radius 1 is 1.22 bits per heavy atom. The van der Waals surface area contributed by atoms with Gasteiger partial charge in [0.25, 0.3) is 0 Å². The van der Waals surface area contributed by atoms with Crippen molar-refractivity contribution in [1.82, 2.24) is 14.9 Å². The normalized spacial score (nSPS) is 18.3. The SMILES string of the molecule is Cc1nc(N[C@H]2CCN(C(C)C)C2)ncc1-c1ccc(C(F)(F)F)cc1F. The monoisotopic (exact) mass is 382 g/mol. The van der Waals surface area contributed by atoms with Gasteiger partial charge in [0, 0.05) is 42.5 Å². The Bertz CT molecular complexity index is 820. The van der Waals surface area contributed by atoms with Crippen LogP contribution in [-0.2, 0) is 6.18 Å². The fourth-order valence-corrected chi connectivity index (χ4v) is 3.27. The van der Waals surface area contributed by atoms with E-state index < -0.39 is 17.6 Å². The van der Waals surface area contributed by atoms with Gasteiger partial charge in [-0.3, -0.25) is 4.90 Å². The van der Waals surface area contributed by atoms with Gasteiger partial charge in [0.15, 0.2) is 0 Å². The van der Waals surface area contributed by atoms with Crippen LogP contribution < -0.4 is 5.32 Å². The van der Waals surface area contributed by atoms with Crippen molar-refractivity contribution < 1.29 is 17.6 Å². The van der Waals surface area contributed by atoms with Gasteiger partial charge in [-0.1, -0.05) is 6.07 Å². The highest BCUT2D eigenvalue weighted by Gasteiger charge is 2.31. The summed E-state index contributed by atoms with van der Waals surface area (Å²) in [6.07, 6.45) is -2.15. The highest BCUT2D eigenvalue weighted by molar-refractivity contribution is 5.66. The molecule has 146 valence electrons. The molecule has 1 atom stereocenters. The number of aryl methyl sites for hydroxylation is 1. The summed E-state index contributed by atoms with van der Waals surface area (Å²) in [5, 5.41) is 3.28. The highest BCUT2D eigenvalue weighted by atomic mass is 19.4. The molecule has 3 rings (SSSR count). The molecule has 1 aliphatic rings. The molecule has 0 aliphatic carbocycles. The first-order valence-corrected chi connectivity index (χ1v) is 8.86. The van der Waals surface area contributed by atoms with Crippen molar-refractivity contribution in [2.24, 2.45) is 0 Å². The van der Waals surface area contributed by atoms with Crippen molar-refractivity contribution in [1.29, 1.82) is 0 Å². The van der Waals surface area contributed by atoms with Crippen molar-refractivity contribution in [2.45, 2.75) is 45.5 Å². The van der Waals surface area contributed by atoms with E-state index >= 15 is 0 Å². The van der Waals surface area contributed by atoms with Gasteiger partial charge in [0.1, 0.15) is 5.82 Å². The summed E-state index contributed by atoms with van der Waals surface area (Å²) in [7, 11) is 0. The minimum absolute atomic E-state index is 0.0545. The van der Waals surface area contributed by atoms with Crippen LogP contribution in [0.15, 0.2) is 24.4 Å². The van der Waals surface area contributed by atoms with Gasteiger partial charge >= 0.3 is 6.18 Å². The average molecular weight is 382 g/mol. The predicted octanol–water partition coefficient (Wildman–Crippen LogP) is 4.50. The molecule has 1 N–H and O–H groups in total. The summed E-state index contributed by atoms with van der Waals surface area (Å²) in [4.78, 5) is 11.0. The number of hydrogen-bond acceptors (Lipinski definition) is 4. The van der Waals surface area contributed by atoms with Crippen LogP contribution in [0.5, 0.6) is 0 Å². The highest BCUT2D eigenvalue weighted by Crippen LogP contribution is 2.33. The molecule has 0 saturated carbocycles. The second kappa shape index (κ2) is 7.42. The molecule has 0 amide bonds. The molecule has 1 aromatic carbocycles. The summed E-state index contributed by atoms with van der Waals surface area (Å²) >= 11 is 0. The minimum Gasteiger partial charge on any atom is -0.350 e. The molecular weight excluding hydrogens is 360 g/mol. The van der Waals surface area contributed by atoms with E-state index in [1.54, 1.807) is 6.92 Å². The number of halogens is 4. The zero-order valence-electron chi connectivity index (χ0n) is 15.4. The molecule has 2 aromatic rings. The number of nitrogens with one attached hydrogen (secondary N) is 1. The summed E-state index contributed by atoms with van der Waals surface area (Å²) in [6.45, 7) is 7.89. The lowest BCUT2D eigenvalue weighted by Gasteiger charge is -2.20. The number of anilines is 1. The molecule has 1 saturated heterocycles. The van der Waals surface area contributed by atoms with Gasteiger partial charge in [-0.2, -0.15) is 13.2 Å². The number of rotatable bonds is 4. The third-order valence-corrected chi connectivity index (χ3v) is 4.85. The number of nitrogens with zero attached hydrogens (tertiary/aromatic N) is 3. The average Bonchev–Trinajstić information content (AvgIpc) is 3.03. The van der Waals surface area contributed by atoms with E-state index in [0.29, 0.717) is 29.3 Å². The first kappa shape index (κ1) is 19.5. The number of aromatic nitrogens is 2. The van der Waals surface area contributed by atoms with E-state index in [-0.39, 0.29) is 11.6 Å². The number of benzene rings is 1. The molecule has 0 bridgehead atoms. The largest absolute Gasteiger partial charge is 0.416 e. The lowest BCUT2D eigenvalue weighted by Crippen LogP contribution is -2.31. The van der Waals surface area contributed by atoms with Gasteiger partial charge < -0.3 is 5.32 Å². The Labute approximate surface area is 155 Å². The molecule has 0 spiro atoms. The summed E-state index contributed by atoms with van der Waals surface area (Å²) < 4.78 is 52.3. The lowest BCUT2D eigenvalue weighted by molar-refractivity contribution is -0.137. The van der Waals surface area contributed by atoms with Crippen LogP contribution in [0.2, 0.25) is 0 Å². The number of likely N-dealkylation sites (tertiary alicyclic amines) is 1. The van der Waals surface area contributed by atoms with Gasteiger partial charge in [0.05, 0.1) is 11.3 Å². The van der Waals surface area contributed by atoms with Crippen LogP contribution in [0.25, 0.3) is 11.1 Å². The molecular formula is C19H22F4N4. The smallest absolute Gasteiger partial charge is 0.350 e. The zero-order valence-corrected chi connectivity index (χ0v) is 15.4. The van der Waals surface area contributed by atoms with Crippen molar-refractivity contribution in [3.63, 3.8) is 0 Å². The fourth-order valence-electron chi connectivity index (χ4n) is 3.27. The van der Waals surface area contributed by atoms with Crippen LogP contribution in [-0.4, -0.2) is 40.0 Å². The number of hydrogen-bond donors (Lipinski definition) is 1. The van der Waals surface area contributed by atoms with Crippen molar-refractivity contribution >= 4 is 5.95 Å². The van der Waals surface area contributed by atoms with Gasteiger partial charge in [-0.05, 0) is 39.3 Å². The predicted molar refractivity (Wildman–Crippen MR) is 95.9 cm³/mol. The second-order valence-corrected chi connectivity index (χ2v) is 7.10. The van der Waals surface area contributed by atoms with Gasteiger partial charge in [-0.15, -0.1) is 0 Å². The van der Waals surface area contributed by atoms with Gasteiger partial charge in [0.2, 0.25) is 5.95 Å². The topological polar surface area (TPSA) is 41.1 Å². The fraction of sp³-hybridized carbons (Fsp3) is 0.474. The Balaban J connectivity index is 1.78. The Morgan fingerprint density at radius 2 is 1.96 bits per heavy atom. The van der Waals surface area contributed by atoms with E-state index in [4.69, 9.17) is 0 Å². The van der Waals surface area contributed by atoms with E-state index in [0.717, 1.165) is 31.6 Å². The van der Waals surface area contributed by atoms with E-state index in [1.807, 2.05) is 0 Å². The molecule has 0 unspecified atom stereocenters. The van der Waals surface area contributed by atoms with Crippen molar-refractivity contribution in [2.75, 3.05) is 18.4 Å². The van der Waals surface area contributed by atoms with E-state index in [2.05, 4.69) is 34.0 Å². The summed E-state index contributed by atoms with van der Waals surface area (Å²) in [5.41, 5.74) is -0.0812. The molecule has 8 heteroatoms. The first-order valence-electron chi connectivity index (χ1n) is 8.86. The molecule has 2 heterocycles. The van der Waals surface area contributed by atoms with Crippen LogP contribution in [0.4, 0.5) is 23.5 Å². The maximum atomic E-state index is 14.2. The van der Waals surface area contributed by atoms with E-state index in [9.17, 15) is 17.6 Å². The van der Waals surface area contributed by atoms with Crippen LogP contribution in [0.3, 0.4) is 0 Å². The lowest BCUT2D eigenvalue weighted by atomic mass is 10.0. The Morgan fingerprint density at radius 3 is 2.52 bits per heavy atom. The Kier molecular flexibility index (Phi) is 5.37. The Hall–Kier alpha value is -2.22. The molecule has 1 fully saturated rings. The third-order valence-electron chi connectivity index (χ3n) is 4.85. The number of alkyl halides is 3. The quantitative estimate of drug-likeness (QED) is 0.791. The third kappa shape index (κ3) is 4.37. The maximum absolute atomic E-state index is 14.2. The molecule has 0 radical (unpaired) electrons. The summed E-state index contributed by atoms with van der Waals surface area (Å²) in [6, 6.07) is 3.20. The van der Waals surface area contributed by atoms with Gasteiger partial charge in [-0.25, -0.2) is 14.4 Å². The van der Waals surface area contributed by atoms with Crippen LogP contribution in [0, 0.1) is 12.7 Å². The van der Waals surface area contributed by atoms with Crippen LogP contribution in [0.1, 0.15) is 31.5 Å². The summed E-state index contributed by atoms with van der Waals surface area (Å²) in [5.74, 6) is -0.500. The standard InChI is InChI=1S/C19H22F4N4/c1-11(2)27-7-6-14(10-27)26-18-24-9-16(12(3)25-18)15-5-4-13(8-17(15)20)19(21,22)23/h4-5,8-9,11,14H,6-7,10H2,1-3H3,(H,24,25,26)/t14-/m0/s1. The second-order valence-electron chi connectivity index (χ2n) is 7.10. The zero-order chi connectivity index (χ0) is 19.8. The maximum Gasteiger partial charge on any atom is 0.416 e.